The summed E-state index contributed by atoms with van der Waals surface area (Å²) in [5.74, 6) is 0.0962. The molecule has 11 heavy (non-hydrogen) atoms. The van der Waals surface area contributed by atoms with Crippen LogP contribution in [0.2, 0.25) is 0 Å². The average Bonchev–Trinajstić information content (AvgIpc) is 2.05. The predicted molar refractivity (Wildman–Crippen MR) is 39.9 cm³/mol. The van der Waals surface area contributed by atoms with Crippen molar-refractivity contribution < 1.29 is 10.2 Å². The van der Waals surface area contributed by atoms with Gasteiger partial charge in [0.25, 0.3) is 0 Å². The number of nitrogens with two attached hydrogens (primary N) is 1. The van der Waals surface area contributed by atoms with E-state index >= 15 is 0 Å². The highest BCUT2D eigenvalue weighted by Crippen LogP contribution is 2.10. The van der Waals surface area contributed by atoms with E-state index in [4.69, 9.17) is 15.9 Å². The third kappa shape index (κ3) is 1.89. The molecule has 1 aromatic heterocycles. The van der Waals surface area contributed by atoms with Gasteiger partial charge in [-0.05, 0) is 12.1 Å². The summed E-state index contributed by atoms with van der Waals surface area (Å²) in [7, 11) is 0. The van der Waals surface area contributed by atoms with Crippen LogP contribution in [-0.4, -0.2) is 21.8 Å². The highest BCUT2D eigenvalue weighted by atomic mass is 16.3. The molecule has 4 heteroatoms. The Balaban J connectivity index is 2.81. The molecule has 4 nitrogen and oxygen atoms in total. The second-order valence-electron chi connectivity index (χ2n) is 2.23. The van der Waals surface area contributed by atoms with Gasteiger partial charge in [0.2, 0.25) is 0 Å². The van der Waals surface area contributed by atoms with Gasteiger partial charge in [0.1, 0.15) is 5.75 Å². The van der Waals surface area contributed by atoms with Gasteiger partial charge in [0, 0.05) is 0 Å². The summed E-state index contributed by atoms with van der Waals surface area (Å²) >= 11 is 0. The minimum absolute atomic E-state index is 0.0962. The van der Waals surface area contributed by atoms with E-state index in [2.05, 4.69) is 4.98 Å². The fourth-order valence-corrected chi connectivity index (χ4v) is 0.710. The summed E-state index contributed by atoms with van der Waals surface area (Å²) < 4.78 is 0. The highest BCUT2D eigenvalue weighted by Gasteiger charge is 2.04. The number of rotatable bonds is 2. The van der Waals surface area contributed by atoms with Crippen LogP contribution in [0.1, 0.15) is 11.7 Å². The maximum Gasteiger partial charge on any atom is 0.133 e. The molecule has 0 spiro atoms. The molecule has 0 unspecified atom stereocenters. The molecule has 4 N–H and O–H groups in total. The molecule has 0 amide bonds. The van der Waals surface area contributed by atoms with E-state index in [-0.39, 0.29) is 12.4 Å². The van der Waals surface area contributed by atoms with Crippen molar-refractivity contribution in [2.24, 2.45) is 5.73 Å². The summed E-state index contributed by atoms with van der Waals surface area (Å²) in [4.78, 5) is 3.81. The van der Waals surface area contributed by atoms with Crippen molar-refractivity contribution in [3.8, 4) is 5.75 Å². The Labute approximate surface area is 64.3 Å². The minimum atomic E-state index is -0.462. The second-order valence-corrected chi connectivity index (χ2v) is 2.23. The van der Waals surface area contributed by atoms with Crippen LogP contribution in [0, 0.1) is 0 Å². The first-order valence-corrected chi connectivity index (χ1v) is 3.25. The zero-order valence-corrected chi connectivity index (χ0v) is 5.94. The molecule has 0 aromatic carbocycles. The van der Waals surface area contributed by atoms with Crippen molar-refractivity contribution in [1.82, 2.24) is 4.98 Å². The zero-order chi connectivity index (χ0) is 8.27. The molecule has 1 rings (SSSR count). The first-order valence-electron chi connectivity index (χ1n) is 3.25. The van der Waals surface area contributed by atoms with Gasteiger partial charge in [0.05, 0.1) is 24.5 Å². The Morgan fingerprint density at radius 3 is 2.73 bits per heavy atom. The summed E-state index contributed by atoms with van der Waals surface area (Å²) in [6, 6.07) is 2.60. The Morgan fingerprint density at radius 2 is 2.27 bits per heavy atom. The van der Waals surface area contributed by atoms with E-state index in [0.717, 1.165) is 0 Å². The molecule has 60 valence electrons. The van der Waals surface area contributed by atoms with Crippen molar-refractivity contribution >= 4 is 0 Å². The zero-order valence-electron chi connectivity index (χ0n) is 5.94. The van der Waals surface area contributed by atoms with Gasteiger partial charge in [-0.25, -0.2) is 0 Å². The van der Waals surface area contributed by atoms with Crippen LogP contribution in [0.3, 0.4) is 0 Å². The summed E-state index contributed by atoms with van der Waals surface area (Å²) in [5, 5.41) is 17.5. The van der Waals surface area contributed by atoms with Crippen LogP contribution >= 0.6 is 0 Å². The molecule has 0 aliphatic carbocycles. The van der Waals surface area contributed by atoms with E-state index in [0.29, 0.717) is 5.69 Å². The number of aliphatic hydroxyl groups excluding tert-OH is 1. The molecule has 0 saturated carbocycles. The number of aromatic hydroxyl groups is 1. The van der Waals surface area contributed by atoms with Gasteiger partial charge in [-0.3, -0.25) is 4.98 Å². The van der Waals surface area contributed by atoms with Crippen LogP contribution in [0.25, 0.3) is 0 Å². The summed E-state index contributed by atoms with van der Waals surface area (Å²) in [6.07, 6.45) is 1.30. The summed E-state index contributed by atoms with van der Waals surface area (Å²) in [6.45, 7) is -0.141. The molecule has 1 heterocycles. The SMILES string of the molecule is N[C@@H](CO)c1ccc(O)cn1. The van der Waals surface area contributed by atoms with Gasteiger partial charge in [-0.15, -0.1) is 0 Å². The number of pyridine rings is 1. The Hall–Kier alpha value is -1.13. The van der Waals surface area contributed by atoms with Gasteiger partial charge >= 0.3 is 0 Å². The predicted octanol–water partition coefficient (Wildman–Crippen LogP) is -0.221. The lowest BCUT2D eigenvalue weighted by Gasteiger charge is -2.05. The first-order chi connectivity index (χ1) is 5.24. The van der Waals surface area contributed by atoms with E-state index in [1.807, 2.05) is 0 Å². The van der Waals surface area contributed by atoms with E-state index < -0.39 is 6.04 Å². The van der Waals surface area contributed by atoms with Gasteiger partial charge in [-0.1, -0.05) is 0 Å². The molecule has 0 radical (unpaired) electrons. The monoisotopic (exact) mass is 154 g/mol. The number of hydrogen-bond donors (Lipinski definition) is 3. The number of aliphatic hydroxyl groups is 1. The third-order valence-electron chi connectivity index (χ3n) is 1.35. The van der Waals surface area contributed by atoms with Crippen molar-refractivity contribution in [2.45, 2.75) is 6.04 Å². The quantitative estimate of drug-likeness (QED) is 0.550. The summed E-state index contributed by atoms with van der Waals surface area (Å²) in [5.41, 5.74) is 6.02. The highest BCUT2D eigenvalue weighted by molar-refractivity contribution is 5.19. The molecule has 0 fully saturated rings. The Bertz CT molecular complexity index is 222. The lowest BCUT2D eigenvalue weighted by atomic mass is 10.2. The molecule has 0 bridgehead atoms. The number of hydrogen-bond acceptors (Lipinski definition) is 4. The van der Waals surface area contributed by atoms with E-state index in [9.17, 15) is 0 Å². The maximum absolute atomic E-state index is 8.85. The smallest absolute Gasteiger partial charge is 0.133 e. The topological polar surface area (TPSA) is 79.4 Å². The largest absolute Gasteiger partial charge is 0.506 e. The van der Waals surface area contributed by atoms with Crippen molar-refractivity contribution in [3.05, 3.63) is 24.0 Å². The normalized spacial score (nSPS) is 12.9. The van der Waals surface area contributed by atoms with Crippen LogP contribution in [0.15, 0.2) is 18.3 Å². The van der Waals surface area contributed by atoms with E-state index in [1.54, 1.807) is 6.07 Å². The lowest BCUT2D eigenvalue weighted by Crippen LogP contribution is -2.15. The van der Waals surface area contributed by atoms with E-state index in [1.165, 1.54) is 12.3 Å². The second kappa shape index (κ2) is 3.32. The number of aromatic nitrogens is 1. The van der Waals surface area contributed by atoms with Crippen LogP contribution in [0.5, 0.6) is 5.75 Å². The lowest BCUT2D eigenvalue weighted by molar-refractivity contribution is 0.265. The van der Waals surface area contributed by atoms with Crippen LogP contribution in [0.4, 0.5) is 0 Å². The fourth-order valence-electron chi connectivity index (χ4n) is 0.710. The van der Waals surface area contributed by atoms with Crippen molar-refractivity contribution in [3.63, 3.8) is 0 Å². The Morgan fingerprint density at radius 1 is 1.55 bits per heavy atom. The number of nitrogens with zero attached hydrogens (tertiary/aromatic N) is 1. The molecule has 0 aliphatic rings. The minimum Gasteiger partial charge on any atom is -0.506 e. The van der Waals surface area contributed by atoms with Gasteiger partial charge in [-0.2, -0.15) is 0 Å². The Kier molecular flexibility index (Phi) is 2.40. The maximum atomic E-state index is 8.85. The first kappa shape index (κ1) is 7.97. The molecule has 0 saturated heterocycles. The van der Waals surface area contributed by atoms with Crippen LogP contribution in [-0.2, 0) is 0 Å². The van der Waals surface area contributed by atoms with Gasteiger partial charge in [0.15, 0.2) is 0 Å². The molecule has 1 atom stereocenters. The fraction of sp³-hybridized carbons (Fsp3) is 0.286. The molecular weight excluding hydrogens is 144 g/mol. The van der Waals surface area contributed by atoms with Gasteiger partial charge < -0.3 is 15.9 Å². The average molecular weight is 154 g/mol. The standard InChI is InChI=1S/C7H10N2O2/c8-6(4-10)7-2-1-5(11)3-9-7/h1-3,6,10-11H,4,8H2/t6-/m0/s1. The van der Waals surface area contributed by atoms with Crippen molar-refractivity contribution in [2.75, 3.05) is 6.61 Å². The molecule has 0 aliphatic heterocycles. The van der Waals surface area contributed by atoms with Crippen molar-refractivity contribution in [1.29, 1.82) is 0 Å². The van der Waals surface area contributed by atoms with Crippen LogP contribution < -0.4 is 5.73 Å². The third-order valence-corrected chi connectivity index (χ3v) is 1.35. The molecule has 1 aromatic rings. The molecular formula is C7H10N2O2.